The van der Waals surface area contributed by atoms with Crippen molar-refractivity contribution < 1.29 is 35.8 Å². The Morgan fingerprint density at radius 2 is 1.53 bits per heavy atom. The highest BCUT2D eigenvalue weighted by atomic mass is 35.5. The molecule has 0 saturated heterocycles. The van der Waals surface area contributed by atoms with Crippen molar-refractivity contribution in [2.75, 3.05) is 12.4 Å². The second-order valence-electron chi connectivity index (χ2n) is 7.31. The second kappa shape index (κ2) is 10.2. The lowest BCUT2D eigenvalue weighted by Crippen LogP contribution is -2.01. The van der Waals surface area contributed by atoms with Crippen LogP contribution in [0, 0.1) is 0 Å². The molecule has 0 radical (unpaired) electrons. The largest absolute Gasteiger partial charge is 0.505 e. The van der Waals surface area contributed by atoms with Gasteiger partial charge in [-0.2, -0.15) is 31.8 Å². The van der Waals surface area contributed by atoms with Crippen molar-refractivity contribution in [3.8, 4) is 11.5 Å². The molecular weight excluding hydrogens is 587 g/mol. The summed E-state index contributed by atoms with van der Waals surface area (Å²) in [6, 6.07) is 8.70. The van der Waals surface area contributed by atoms with E-state index in [0.717, 1.165) is 18.2 Å². The minimum Gasteiger partial charge on any atom is -0.505 e. The Kier molecular flexibility index (Phi) is 7.37. The minimum atomic E-state index is -4.94. The van der Waals surface area contributed by atoms with Gasteiger partial charge in [-0.3, -0.25) is 9.11 Å². The Morgan fingerprint density at radius 3 is 2.13 bits per heavy atom. The SMILES string of the molecule is COc1ccc(N=Nc2c(S(=O)(=O)O)cc3ccc(Nc4nc(Cl)nc(Cl)n4)cc3c2O)c(S(=O)(=O)O)c1. The van der Waals surface area contributed by atoms with Crippen LogP contribution in [0.25, 0.3) is 10.8 Å². The molecule has 0 bridgehead atoms. The minimum absolute atomic E-state index is 0.0273. The normalized spacial score (nSPS) is 12.2. The zero-order valence-corrected chi connectivity index (χ0v) is 21.9. The van der Waals surface area contributed by atoms with Gasteiger partial charge in [-0.05, 0) is 58.9 Å². The fourth-order valence-electron chi connectivity index (χ4n) is 3.24. The lowest BCUT2D eigenvalue weighted by Gasteiger charge is -2.11. The van der Waals surface area contributed by atoms with E-state index < -0.39 is 47.2 Å². The molecule has 0 spiro atoms. The molecule has 1 aromatic heterocycles. The highest BCUT2D eigenvalue weighted by Crippen LogP contribution is 2.43. The molecule has 0 atom stereocenters. The first kappa shape index (κ1) is 27.4. The average molecular weight is 601 g/mol. The summed E-state index contributed by atoms with van der Waals surface area (Å²) in [5.41, 5.74) is -0.814. The second-order valence-corrected chi connectivity index (χ2v) is 10.8. The lowest BCUT2D eigenvalue weighted by atomic mass is 10.1. The molecule has 4 aromatic rings. The zero-order valence-electron chi connectivity index (χ0n) is 18.7. The van der Waals surface area contributed by atoms with E-state index in [9.17, 15) is 31.0 Å². The van der Waals surface area contributed by atoms with Crippen molar-refractivity contribution in [3.63, 3.8) is 0 Å². The van der Waals surface area contributed by atoms with Crippen molar-refractivity contribution in [3.05, 3.63) is 53.0 Å². The number of benzene rings is 3. The Hall–Kier alpha value is -3.67. The number of phenols is 1. The Morgan fingerprint density at radius 1 is 0.868 bits per heavy atom. The number of hydrogen-bond acceptors (Lipinski definition) is 12. The fourth-order valence-corrected chi connectivity index (χ4v) is 4.90. The van der Waals surface area contributed by atoms with Crippen LogP contribution in [0.5, 0.6) is 11.5 Å². The molecule has 38 heavy (non-hydrogen) atoms. The fraction of sp³-hybridized carbons (Fsp3) is 0.0500. The van der Waals surface area contributed by atoms with Crippen LogP contribution in [0.2, 0.25) is 10.6 Å². The van der Waals surface area contributed by atoms with E-state index in [1.165, 1.54) is 31.4 Å². The van der Waals surface area contributed by atoms with Crippen LogP contribution in [-0.2, 0) is 20.2 Å². The molecule has 3 aromatic carbocycles. The van der Waals surface area contributed by atoms with Crippen LogP contribution in [0.1, 0.15) is 0 Å². The van der Waals surface area contributed by atoms with Gasteiger partial charge in [-0.1, -0.05) is 6.07 Å². The molecule has 4 N–H and O–H groups in total. The van der Waals surface area contributed by atoms with Crippen molar-refractivity contribution in [2.45, 2.75) is 9.79 Å². The van der Waals surface area contributed by atoms with E-state index in [1.807, 2.05) is 0 Å². The predicted molar refractivity (Wildman–Crippen MR) is 136 cm³/mol. The van der Waals surface area contributed by atoms with Gasteiger partial charge in [0.05, 0.1) is 7.11 Å². The number of rotatable bonds is 7. The third kappa shape index (κ3) is 5.90. The van der Waals surface area contributed by atoms with Gasteiger partial charge in [0.25, 0.3) is 20.2 Å². The summed E-state index contributed by atoms with van der Waals surface area (Å²) in [6.07, 6.45) is 0. The standard InChI is InChI=1S/C20H14Cl2N6O8S2/c1-36-11-4-5-13(14(8-11)37(30,31)32)27-28-16-15(38(33,34)35)6-9-2-3-10(7-12(9)17(16)29)23-20-25-18(21)24-19(22)26-20/h2-8,29H,1H3,(H,30,31,32)(H,33,34,35)(H,23,24,25,26). The highest BCUT2D eigenvalue weighted by Gasteiger charge is 2.23. The monoisotopic (exact) mass is 600 g/mol. The molecule has 14 nitrogen and oxygen atoms in total. The van der Waals surface area contributed by atoms with Crippen LogP contribution in [-0.4, -0.2) is 53.1 Å². The molecule has 4 rings (SSSR count). The molecule has 0 amide bonds. The molecule has 1 heterocycles. The van der Waals surface area contributed by atoms with Gasteiger partial charge in [-0.15, -0.1) is 10.2 Å². The quantitative estimate of drug-likeness (QED) is 0.168. The number of halogens is 2. The summed E-state index contributed by atoms with van der Waals surface area (Å²) in [5, 5.41) is 21.0. The Labute approximate surface area is 224 Å². The van der Waals surface area contributed by atoms with Crippen molar-refractivity contribution in [1.82, 2.24) is 15.0 Å². The number of azo groups is 1. The molecule has 198 valence electrons. The topological polar surface area (TPSA) is 214 Å². The van der Waals surface area contributed by atoms with Crippen LogP contribution in [0.3, 0.4) is 0 Å². The van der Waals surface area contributed by atoms with E-state index in [2.05, 4.69) is 30.5 Å². The molecule has 0 aliphatic rings. The summed E-state index contributed by atoms with van der Waals surface area (Å²) < 4.78 is 72.0. The van der Waals surface area contributed by atoms with Crippen molar-refractivity contribution in [1.29, 1.82) is 0 Å². The van der Waals surface area contributed by atoms with Crippen LogP contribution in [0.15, 0.2) is 62.5 Å². The number of phenolic OH excluding ortho intramolecular Hbond substituents is 1. The number of aromatic hydroxyl groups is 1. The summed E-state index contributed by atoms with van der Waals surface area (Å²) >= 11 is 11.5. The predicted octanol–water partition coefficient (Wildman–Crippen LogP) is 4.70. The Balaban J connectivity index is 1.87. The maximum atomic E-state index is 12.1. The van der Waals surface area contributed by atoms with Gasteiger partial charge in [0.1, 0.15) is 26.9 Å². The third-order valence-electron chi connectivity index (χ3n) is 4.87. The molecule has 0 saturated carbocycles. The number of nitrogens with zero attached hydrogens (tertiary/aromatic N) is 5. The van der Waals surface area contributed by atoms with Gasteiger partial charge < -0.3 is 15.2 Å². The number of aromatic nitrogens is 3. The van der Waals surface area contributed by atoms with Crippen molar-refractivity contribution in [2.24, 2.45) is 10.2 Å². The maximum absolute atomic E-state index is 12.1. The number of methoxy groups -OCH3 is 1. The highest BCUT2D eigenvalue weighted by molar-refractivity contribution is 7.86. The van der Waals surface area contributed by atoms with E-state index in [0.29, 0.717) is 5.69 Å². The maximum Gasteiger partial charge on any atom is 0.296 e. The number of nitrogens with one attached hydrogen (secondary N) is 1. The zero-order chi connectivity index (χ0) is 27.8. The first-order valence-corrected chi connectivity index (χ1v) is 13.6. The molecule has 18 heteroatoms. The van der Waals surface area contributed by atoms with E-state index in [1.54, 1.807) is 0 Å². The molecule has 0 unspecified atom stereocenters. The average Bonchev–Trinajstić information content (AvgIpc) is 2.81. The van der Waals surface area contributed by atoms with Crippen LogP contribution >= 0.6 is 23.2 Å². The number of fused-ring (bicyclic) bond motifs is 1. The van der Waals surface area contributed by atoms with Gasteiger partial charge in [0.15, 0.2) is 5.75 Å². The number of anilines is 2. The molecular formula is C20H14Cl2N6O8S2. The van der Waals surface area contributed by atoms with Gasteiger partial charge in [-0.25, -0.2) is 0 Å². The van der Waals surface area contributed by atoms with Gasteiger partial charge in [0, 0.05) is 17.1 Å². The summed E-state index contributed by atoms with van der Waals surface area (Å²) in [7, 11) is -8.48. The summed E-state index contributed by atoms with van der Waals surface area (Å²) in [6.45, 7) is 0. The summed E-state index contributed by atoms with van der Waals surface area (Å²) in [5.74, 6) is -0.679. The third-order valence-corrected chi connectivity index (χ3v) is 6.96. The van der Waals surface area contributed by atoms with Crippen molar-refractivity contribution >= 4 is 77.2 Å². The first-order valence-electron chi connectivity index (χ1n) is 9.95. The van der Waals surface area contributed by atoms with E-state index in [-0.39, 0.29) is 33.0 Å². The van der Waals surface area contributed by atoms with Crippen LogP contribution < -0.4 is 10.1 Å². The van der Waals surface area contributed by atoms with E-state index >= 15 is 0 Å². The number of ether oxygens (including phenoxy) is 1. The number of hydrogen-bond donors (Lipinski definition) is 4. The first-order chi connectivity index (χ1) is 17.8. The molecule has 0 aliphatic heterocycles. The molecule has 0 aliphatic carbocycles. The summed E-state index contributed by atoms with van der Waals surface area (Å²) in [4.78, 5) is 9.83. The van der Waals surface area contributed by atoms with E-state index in [4.69, 9.17) is 27.9 Å². The van der Waals surface area contributed by atoms with Gasteiger partial charge in [0.2, 0.25) is 16.5 Å². The lowest BCUT2D eigenvalue weighted by molar-refractivity contribution is 0.412. The molecule has 0 fully saturated rings. The van der Waals surface area contributed by atoms with Crippen LogP contribution in [0.4, 0.5) is 23.0 Å². The van der Waals surface area contributed by atoms with Gasteiger partial charge >= 0.3 is 0 Å². The smallest absolute Gasteiger partial charge is 0.296 e. The Bertz CT molecular complexity index is 1820.